The van der Waals surface area contributed by atoms with Crippen LogP contribution in [-0.4, -0.2) is 24.7 Å². The van der Waals surface area contributed by atoms with Crippen molar-refractivity contribution in [1.29, 1.82) is 0 Å². The fourth-order valence-electron chi connectivity index (χ4n) is 1.11. The zero-order valence-corrected chi connectivity index (χ0v) is 10.4. The summed E-state index contributed by atoms with van der Waals surface area (Å²) in [5.41, 5.74) is 5.35. The van der Waals surface area contributed by atoms with E-state index in [1.54, 1.807) is 0 Å². The van der Waals surface area contributed by atoms with Crippen LogP contribution in [0.5, 0.6) is 0 Å². The first-order valence-electron chi connectivity index (χ1n) is 5.72. The number of rotatable bonds is 6. The maximum Gasteiger partial charge on any atom is 0.315 e. The zero-order chi connectivity index (χ0) is 11.9. The van der Waals surface area contributed by atoms with Crippen molar-refractivity contribution in [1.82, 2.24) is 10.6 Å². The van der Waals surface area contributed by atoms with Gasteiger partial charge in [0.2, 0.25) is 0 Å². The molecular formula is C11H25N3O. The number of unbranched alkanes of at least 4 members (excludes halogenated alkanes) is 1. The van der Waals surface area contributed by atoms with E-state index in [1.165, 1.54) is 0 Å². The number of urea groups is 1. The van der Waals surface area contributed by atoms with Crippen LogP contribution >= 0.6 is 0 Å². The van der Waals surface area contributed by atoms with E-state index in [0.717, 1.165) is 19.4 Å². The Balaban J connectivity index is 4.02. The van der Waals surface area contributed by atoms with Gasteiger partial charge in [-0.05, 0) is 19.3 Å². The van der Waals surface area contributed by atoms with E-state index in [1.807, 2.05) is 6.92 Å². The lowest BCUT2D eigenvalue weighted by Gasteiger charge is -2.33. The highest BCUT2D eigenvalue weighted by Crippen LogP contribution is 2.14. The lowest BCUT2D eigenvalue weighted by molar-refractivity contribution is 0.214. The SMILES string of the molecule is CCCCNC(=O)NC(C)(CN)C(C)C. The van der Waals surface area contributed by atoms with E-state index < -0.39 is 0 Å². The maximum absolute atomic E-state index is 11.5. The van der Waals surface area contributed by atoms with Gasteiger partial charge in [-0.2, -0.15) is 0 Å². The first-order chi connectivity index (χ1) is 6.96. The summed E-state index contributed by atoms with van der Waals surface area (Å²) in [6.45, 7) is 9.35. The molecule has 0 heterocycles. The first-order valence-corrected chi connectivity index (χ1v) is 5.72. The Labute approximate surface area is 93.0 Å². The third-order valence-electron chi connectivity index (χ3n) is 2.91. The van der Waals surface area contributed by atoms with Gasteiger partial charge in [-0.15, -0.1) is 0 Å². The zero-order valence-electron chi connectivity index (χ0n) is 10.4. The maximum atomic E-state index is 11.5. The number of carbonyl (C=O) groups excluding carboxylic acids is 1. The van der Waals surface area contributed by atoms with E-state index in [0.29, 0.717) is 12.5 Å². The van der Waals surface area contributed by atoms with Crippen molar-refractivity contribution in [3.63, 3.8) is 0 Å². The Morgan fingerprint density at radius 2 is 2.07 bits per heavy atom. The molecule has 0 saturated carbocycles. The topological polar surface area (TPSA) is 67.2 Å². The van der Waals surface area contributed by atoms with E-state index in [-0.39, 0.29) is 11.6 Å². The molecule has 0 aromatic rings. The quantitative estimate of drug-likeness (QED) is 0.587. The van der Waals surface area contributed by atoms with Crippen molar-refractivity contribution in [2.45, 2.75) is 46.1 Å². The second-order valence-corrected chi connectivity index (χ2v) is 4.51. The fourth-order valence-corrected chi connectivity index (χ4v) is 1.11. The van der Waals surface area contributed by atoms with Crippen LogP contribution in [-0.2, 0) is 0 Å². The average molecular weight is 215 g/mol. The van der Waals surface area contributed by atoms with Crippen LogP contribution in [0.25, 0.3) is 0 Å². The van der Waals surface area contributed by atoms with Crippen molar-refractivity contribution < 1.29 is 4.79 Å². The third kappa shape index (κ3) is 5.02. The van der Waals surface area contributed by atoms with E-state index in [2.05, 4.69) is 31.4 Å². The van der Waals surface area contributed by atoms with Gasteiger partial charge in [0, 0.05) is 13.1 Å². The van der Waals surface area contributed by atoms with E-state index in [9.17, 15) is 4.79 Å². The molecule has 1 unspecified atom stereocenters. The molecule has 0 aliphatic heterocycles. The minimum absolute atomic E-state index is 0.120. The molecule has 0 rings (SSSR count). The molecule has 0 aliphatic carbocycles. The number of nitrogens with one attached hydrogen (secondary N) is 2. The second-order valence-electron chi connectivity index (χ2n) is 4.51. The van der Waals surface area contributed by atoms with Gasteiger partial charge in [-0.25, -0.2) is 4.79 Å². The van der Waals surface area contributed by atoms with Crippen molar-refractivity contribution in [3.8, 4) is 0 Å². The van der Waals surface area contributed by atoms with Gasteiger partial charge >= 0.3 is 6.03 Å². The standard InChI is InChI=1S/C11H25N3O/c1-5-6-7-13-10(15)14-11(4,8-12)9(2)3/h9H,5-8,12H2,1-4H3,(H2,13,14,15). The predicted octanol–water partition coefficient (Wildman–Crippen LogP) is 1.46. The Morgan fingerprint density at radius 3 is 2.47 bits per heavy atom. The van der Waals surface area contributed by atoms with Crippen molar-refractivity contribution in [2.75, 3.05) is 13.1 Å². The van der Waals surface area contributed by atoms with Crippen LogP contribution in [0, 0.1) is 5.92 Å². The fraction of sp³-hybridized carbons (Fsp3) is 0.909. The van der Waals surface area contributed by atoms with Crippen LogP contribution in [0.15, 0.2) is 0 Å². The summed E-state index contributed by atoms with van der Waals surface area (Å²) in [6, 6.07) is -0.120. The lowest BCUT2D eigenvalue weighted by Crippen LogP contribution is -2.57. The molecule has 0 radical (unpaired) electrons. The summed E-state index contributed by atoms with van der Waals surface area (Å²) in [6.07, 6.45) is 2.09. The van der Waals surface area contributed by atoms with Crippen LogP contribution < -0.4 is 16.4 Å². The molecule has 4 N–H and O–H groups in total. The second kappa shape index (κ2) is 6.67. The highest BCUT2D eigenvalue weighted by Gasteiger charge is 2.28. The van der Waals surface area contributed by atoms with Crippen LogP contribution in [0.3, 0.4) is 0 Å². The number of nitrogens with two attached hydrogens (primary N) is 1. The first kappa shape index (κ1) is 14.2. The summed E-state index contributed by atoms with van der Waals surface area (Å²) >= 11 is 0. The number of hydrogen-bond acceptors (Lipinski definition) is 2. The summed E-state index contributed by atoms with van der Waals surface area (Å²) in [5, 5.41) is 5.75. The Kier molecular flexibility index (Phi) is 6.32. The number of hydrogen-bond donors (Lipinski definition) is 3. The molecular weight excluding hydrogens is 190 g/mol. The van der Waals surface area contributed by atoms with Gasteiger partial charge < -0.3 is 16.4 Å². The highest BCUT2D eigenvalue weighted by molar-refractivity contribution is 5.74. The molecule has 15 heavy (non-hydrogen) atoms. The smallest absolute Gasteiger partial charge is 0.315 e. The minimum atomic E-state index is -0.323. The van der Waals surface area contributed by atoms with Gasteiger partial charge in [-0.3, -0.25) is 0 Å². The van der Waals surface area contributed by atoms with Gasteiger partial charge in [0.15, 0.2) is 0 Å². The minimum Gasteiger partial charge on any atom is -0.338 e. The van der Waals surface area contributed by atoms with Gasteiger partial charge in [-0.1, -0.05) is 27.2 Å². The molecule has 4 heteroatoms. The van der Waals surface area contributed by atoms with E-state index in [4.69, 9.17) is 5.73 Å². The Morgan fingerprint density at radius 1 is 1.47 bits per heavy atom. The van der Waals surface area contributed by atoms with Crippen molar-refractivity contribution >= 4 is 6.03 Å². The largest absolute Gasteiger partial charge is 0.338 e. The molecule has 1 atom stereocenters. The van der Waals surface area contributed by atoms with Crippen molar-refractivity contribution in [2.24, 2.45) is 11.7 Å². The summed E-state index contributed by atoms with van der Waals surface area (Å²) in [7, 11) is 0. The summed E-state index contributed by atoms with van der Waals surface area (Å²) in [4.78, 5) is 11.5. The normalized spacial score (nSPS) is 14.8. The molecule has 0 bridgehead atoms. The molecule has 90 valence electrons. The van der Waals surface area contributed by atoms with Crippen LogP contribution in [0.1, 0.15) is 40.5 Å². The van der Waals surface area contributed by atoms with Gasteiger partial charge in [0.05, 0.1) is 5.54 Å². The van der Waals surface area contributed by atoms with E-state index >= 15 is 0 Å². The molecule has 0 fully saturated rings. The third-order valence-corrected chi connectivity index (χ3v) is 2.91. The summed E-state index contributed by atoms with van der Waals surface area (Å²) < 4.78 is 0. The molecule has 0 saturated heterocycles. The predicted molar refractivity (Wildman–Crippen MR) is 63.7 cm³/mol. The molecule has 0 aromatic carbocycles. The van der Waals surface area contributed by atoms with Crippen LogP contribution in [0.4, 0.5) is 4.79 Å². The monoisotopic (exact) mass is 215 g/mol. The average Bonchev–Trinajstić information content (AvgIpc) is 2.17. The molecule has 0 aliphatic rings. The van der Waals surface area contributed by atoms with Gasteiger partial charge in [0.1, 0.15) is 0 Å². The molecule has 0 spiro atoms. The number of amides is 2. The Hall–Kier alpha value is -0.770. The lowest BCUT2D eigenvalue weighted by atomic mass is 9.89. The summed E-state index contributed by atoms with van der Waals surface area (Å²) in [5.74, 6) is 0.319. The molecule has 2 amide bonds. The Bertz CT molecular complexity index is 194. The van der Waals surface area contributed by atoms with Gasteiger partial charge in [0.25, 0.3) is 0 Å². The molecule has 0 aromatic heterocycles. The highest BCUT2D eigenvalue weighted by atomic mass is 16.2. The number of carbonyl (C=O) groups is 1. The van der Waals surface area contributed by atoms with Crippen molar-refractivity contribution in [3.05, 3.63) is 0 Å². The van der Waals surface area contributed by atoms with Crippen LogP contribution in [0.2, 0.25) is 0 Å². The molecule has 4 nitrogen and oxygen atoms in total.